The van der Waals surface area contributed by atoms with Crippen molar-refractivity contribution in [3.63, 3.8) is 0 Å². The number of carbonyl (C=O) groups excluding carboxylic acids is 1. The molecule has 0 saturated carbocycles. The van der Waals surface area contributed by atoms with Gasteiger partial charge in [0.1, 0.15) is 18.0 Å². The van der Waals surface area contributed by atoms with Gasteiger partial charge < -0.3 is 14.7 Å². The molecule has 1 heterocycles. The predicted molar refractivity (Wildman–Crippen MR) is 83.7 cm³/mol. The number of hydrogen-bond donors (Lipinski definition) is 1. The minimum absolute atomic E-state index is 0.131. The van der Waals surface area contributed by atoms with E-state index in [1.807, 2.05) is 0 Å². The van der Waals surface area contributed by atoms with Gasteiger partial charge in [-0.25, -0.2) is 9.07 Å². The fourth-order valence-corrected chi connectivity index (χ4v) is 2.27. The van der Waals surface area contributed by atoms with E-state index in [1.54, 1.807) is 25.1 Å². The SMILES string of the molecule is COCCN(CC(=O)O)C(=O)c1cnn(-c2ccccc2F)c1C. The van der Waals surface area contributed by atoms with Gasteiger partial charge in [0.25, 0.3) is 5.91 Å². The molecule has 0 unspecified atom stereocenters. The number of aliphatic carboxylic acids is 1. The number of rotatable bonds is 7. The Balaban J connectivity index is 2.33. The zero-order chi connectivity index (χ0) is 17.7. The van der Waals surface area contributed by atoms with E-state index >= 15 is 0 Å². The van der Waals surface area contributed by atoms with Crippen molar-refractivity contribution in [2.24, 2.45) is 0 Å². The summed E-state index contributed by atoms with van der Waals surface area (Å²) in [5.41, 5.74) is 0.865. The Kier molecular flexibility index (Phi) is 5.64. The molecule has 1 N–H and O–H groups in total. The first-order chi connectivity index (χ1) is 11.5. The highest BCUT2D eigenvalue weighted by atomic mass is 19.1. The second-order valence-corrected chi connectivity index (χ2v) is 5.12. The molecule has 0 bridgehead atoms. The standard InChI is InChI=1S/C16H18FN3O4/c1-11-12(16(23)19(7-8-24-2)10-15(21)22)9-18-20(11)14-6-4-3-5-13(14)17/h3-6,9H,7-8,10H2,1-2H3,(H,21,22). The van der Waals surface area contributed by atoms with Crippen LogP contribution in [-0.2, 0) is 9.53 Å². The molecule has 128 valence electrons. The summed E-state index contributed by atoms with van der Waals surface area (Å²) in [5.74, 6) is -2.09. The van der Waals surface area contributed by atoms with Crippen LogP contribution in [0.25, 0.3) is 5.69 Å². The van der Waals surface area contributed by atoms with Gasteiger partial charge >= 0.3 is 5.97 Å². The number of nitrogens with zero attached hydrogens (tertiary/aromatic N) is 3. The van der Waals surface area contributed by atoms with Crippen LogP contribution in [0.1, 0.15) is 16.1 Å². The van der Waals surface area contributed by atoms with Crippen LogP contribution >= 0.6 is 0 Å². The molecule has 0 fully saturated rings. The lowest BCUT2D eigenvalue weighted by molar-refractivity contribution is -0.137. The van der Waals surface area contributed by atoms with Crippen LogP contribution in [-0.4, -0.2) is 58.5 Å². The zero-order valence-corrected chi connectivity index (χ0v) is 13.4. The van der Waals surface area contributed by atoms with E-state index in [0.717, 1.165) is 4.90 Å². The summed E-state index contributed by atoms with van der Waals surface area (Å²) in [6.45, 7) is 1.51. The number of hydrogen-bond acceptors (Lipinski definition) is 4. The minimum atomic E-state index is -1.13. The van der Waals surface area contributed by atoms with E-state index in [2.05, 4.69) is 5.10 Å². The van der Waals surface area contributed by atoms with Gasteiger partial charge in [0, 0.05) is 13.7 Å². The van der Waals surface area contributed by atoms with E-state index < -0.39 is 24.2 Å². The number of para-hydroxylation sites is 1. The average Bonchev–Trinajstić information content (AvgIpc) is 2.92. The molecule has 0 spiro atoms. The first-order valence-electron chi connectivity index (χ1n) is 7.25. The van der Waals surface area contributed by atoms with Crippen molar-refractivity contribution in [3.05, 3.63) is 47.5 Å². The molecule has 2 rings (SSSR count). The molecule has 0 aliphatic carbocycles. The van der Waals surface area contributed by atoms with Crippen molar-refractivity contribution < 1.29 is 23.8 Å². The van der Waals surface area contributed by atoms with Crippen LogP contribution < -0.4 is 0 Å². The summed E-state index contributed by atoms with van der Waals surface area (Å²) < 4.78 is 20.1. The lowest BCUT2D eigenvalue weighted by Gasteiger charge is -2.20. The van der Waals surface area contributed by atoms with E-state index in [1.165, 1.54) is 24.1 Å². The molecule has 2 aromatic rings. The molecule has 24 heavy (non-hydrogen) atoms. The van der Waals surface area contributed by atoms with Crippen LogP contribution in [0.5, 0.6) is 0 Å². The summed E-state index contributed by atoms with van der Waals surface area (Å²) in [6, 6.07) is 6.07. The highest BCUT2D eigenvalue weighted by Crippen LogP contribution is 2.18. The number of benzene rings is 1. The third kappa shape index (κ3) is 3.77. The van der Waals surface area contributed by atoms with E-state index in [9.17, 15) is 14.0 Å². The molecule has 0 radical (unpaired) electrons. The first kappa shape index (κ1) is 17.6. The van der Waals surface area contributed by atoms with Gasteiger partial charge in [-0.15, -0.1) is 0 Å². The smallest absolute Gasteiger partial charge is 0.323 e. The maximum absolute atomic E-state index is 13.9. The number of amides is 1. The van der Waals surface area contributed by atoms with Gasteiger partial charge in [0.2, 0.25) is 0 Å². The van der Waals surface area contributed by atoms with Crippen LogP contribution in [0.4, 0.5) is 4.39 Å². The Hall–Kier alpha value is -2.74. The second-order valence-electron chi connectivity index (χ2n) is 5.12. The third-order valence-corrected chi connectivity index (χ3v) is 3.50. The largest absolute Gasteiger partial charge is 0.480 e. The number of carboxylic acid groups (broad SMARTS) is 1. The quantitative estimate of drug-likeness (QED) is 0.829. The lowest BCUT2D eigenvalue weighted by atomic mass is 10.2. The Bertz CT molecular complexity index is 745. The molecular weight excluding hydrogens is 317 g/mol. The molecule has 1 amide bonds. The monoisotopic (exact) mass is 335 g/mol. The maximum Gasteiger partial charge on any atom is 0.323 e. The van der Waals surface area contributed by atoms with Crippen LogP contribution in [0, 0.1) is 12.7 Å². The maximum atomic E-state index is 13.9. The number of methoxy groups -OCH3 is 1. The van der Waals surface area contributed by atoms with Crippen molar-refractivity contribution in [1.82, 2.24) is 14.7 Å². The molecule has 0 aliphatic heterocycles. The highest BCUT2D eigenvalue weighted by Gasteiger charge is 2.23. The van der Waals surface area contributed by atoms with Gasteiger partial charge in [-0.1, -0.05) is 12.1 Å². The molecule has 1 aromatic heterocycles. The van der Waals surface area contributed by atoms with E-state index in [4.69, 9.17) is 9.84 Å². The zero-order valence-electron chi connectivity index (χ0n) is 13.4. The Morgan fingerprint density at radius 2 is 2.08 bits per heavy atom. The van der Waals surface area contributed by atoms with E-state index in [0.29, 0.717) is 5.69 Å². The molecule has 0 atom stereocenters. The summed E-state index contributed by atoms with van der Waals surface area (Å²) in [5, 5.41) is 13.0. The van der Waals surface area contributed by atoms with Gasteiger partial charge in [-0.05, 0) is 19.1 Å². The normalized spacial score (nSPS) is 10.6. The van der Waals surface area contributed by atoms with Gasteiger partial charge in [-0.2, -0.15) is 5.10 Å². The minimum Gasteiger partial charge on any atom is -0.480 e. The molecule has 0 aliphatic rings. The number of aromatic nitrogens is 2. The van der Waals surface area contributed by atoms with Gasteiger partial charge in [-0.3, -0.25) is 9.59 Å². The van der Waals surface area contributed by atoms with E-state index in [-0.39, 0.29) is 24.4 Å². The Morgan fingerprint density at radius 3 is 2.71 bits per heavy atom. The number of carbonyl (C=O) groups is 2. The van der Waals surface area contributed by atoms with Crippen molar-refractivity contribution in [2.75, 3.05) is 26.8 Å². The molecule has 7 nitrogen and oxygen atoms in total. The van der Waals surface area contributed by atoms with Crippen molar-refractivity contribution in [3.8, 4) is 5.69 Å². The molecular formula is C16H18FN3O4. The first-order valence-corrected chi connectivity index (χ1v) is 7.25. The lowest BCUT2D eigenvalue weighted by Crippen LogP contribution is -2.38. The highest BCUT2D eigenvalue weighted by molar-refractivity contribution is 5.96. The summed E-state index contributed by atoms with van der Waals surface area (Å²) in [6.07, 6.45) is 1.31. The Morgan fingerprint density at radius 1 is 1.38 bits per heavy atom. The molecule has 1 aromatic carbocycles. The molecule has 8 heteroatoms. The number of halogens is 1. The van der Waals surface area contributed by atoms with Crippen LogP contribution in [0.15, 0.2) is 30.5 Å². The van der Waals surface area contributed by atoms with Crippen molar-refractivity contribution in [2.45, 2.75) is 6.92 Å². The fraction of sp³-hybridized carbons (Fsp3) is 0.312. The number of carboxylic acids is 1. The van der Waals surface area contributed by atoms with Gasteiger partial charge in [0.05, 0.1) is 24.1 Å². The van der Waals surface area contributed by atoms with Crippen LogP contribution in [0.3, 0.4) is 0 Å². The predicted octanol–water partition coefficient (Wildman–Crippen LogP) is 1.49. The topological polar surface area (TPSA) is 84.7 Å². The van der Waals surface area contributed by atoms with Crippen molar-refractivity contribution in [1.29, 1.82) is 0 Å². The number of ether oxygens (including phenoxy) is 1. The average molecular weight is 335 g/mol. The summed E-state index contributed by atoms with van der Waals surface area (Å²) in [4.78, 5) is 24.7. The summed E-state index contributed by atoms with van der Waals surface area (Å²) in [7, 11) is 1.46. The summed E-state index contributed by atoms with van der Waals surface area (Å²) >= 11 is 0. The van der Waals surface area contributed by atoms with Gasteiger partial charge in [0.15, 0.2) is 0 Å². The fourth-order valence-electron chi connectivity index (χ4n) is 2.27. The second kappa shape index (κ2) is 7.69. The third-order valence-electron chi connectivity index (χ3n) is 3.50. The van der Waals surface area contributed by atoms with Crippen molar-refractivity contribution >= 4 is 11.9 Å². The molecule has 0 saturated heterocycles. The Labute approximate surface area is 138 Å². The van der Waals surface area contributed by atoms with Crippen LogP contribution in [0.2, 0.25) is 0 Å².